The predicted octanol–water partition coefficient (Wildman–Crippen LogP) is -2.49. The monoisotopic (exact) mass is 403 g/mol. The van der Waals surface area contributed by atoms with Crippen LogP contribution in [-0.4, -0.2) is 106 Å². The summed E-state index contributed by atoms with van der Waals surface area (Å²) in [6.07, 6.45) is 0.672. The Morgan fingerprint density at radius 3 is 2.00 bits per heavy atom. The van der Waals surface area contributed by atoms with Crippen LogP contribution in [0.1, 0.15) is 54.4 Å². The Morgan fingerprint density at radius 1 is 0.833 bits per heavy atom. The van der Waals surface area contributed by atoms with Crippen LogP contribution in [0.4, 0.5) is 9.59 Å². The van der Waals surface area contributed by atoms with Crippen LogP contribution >= 0.6 is 0 Å². The summed E-state index contributed by atoms with van der Waals surface area (Å²) in [6, 6.07) is 0. The van der Waals surface area contributed by atoms with Crippen molar-refractivity contribution in [3.8, 4) is 0 Å². The number of fused-ring (bicyclic) bond motifs is 2. The van der Waals surface area contributed by atoms with Crippen LogP contribution in [0.5, 0.6) is 0 Å². The minimum Gasteiger partial charge on any atom is -0.443 e. The lowest BCUT2D eigenvalue weighted by molar-refractivity contribution is 0.00121. The van der Waals surface area contributed by atoms with E-state index < -0.39 is 23.4 Å². The normalized spacial score (nSPS) is 22.8. The summed E-state index contributed by atoms with van der Waals surface area (Å²) < 4.78 is 11.0. The first-order valence-corrected chi connectivity index (χ1v) is 12.1. The summed E-state index contributed by atoms with van der Waals surface area (Å²) >= 11 is 0. The number of hydrogen-bond donors (Lipinski definition) is 0. The zero-order valence-corrected chi connectivity index (χ0v) is 20.3. The van der Waals surface area contributed by atoms with Gasteiger partial charge in [-0.1, -0.05) is 6.42 Å². The highest BCUT2D eigenvalue weighted by Crippen LogP contribution is 2.36. The lowest BCUT2D eigenvalue weighted by atomic mass is 8.89. The number of rotatable bonds is 4. The third kappa shape index (κ3) is 8.86. The molecule has 0 saturated carbocycles. The molecule has 30 heavy (non-hydrogen) atoms. The van der Waals surface area contributed by atoms with Gasteiger partial charge in [0.1, 0.15) is 11.2 Å². The van der Waals surface area contributed by atoms with Crippen LogP contribution in [-0.2, 0) is 9.47 Å². The number of hydrogen-bond acceptors (Lipinski definition) is 4. The number of ether oxygens (including phenoxy) is 2. The fourth-order valence-corrected chi connectivity index (χ4v) is 5.12. The lowest BCUT2D eigenvalue weighted by Crippen LogP contribution is -2.44. The fraction of sp³-hybridized carbons (Fsp3) is 0.867. The van der Waals surface area contributed by atoms with Gasteiger partial charge in [-0.3, -0.25) is 0 Å². The fourth-order valence-electron chi connectivity index (χ4n) is 5.12. The van der Waals surface area contributed by atoms with E-state index in [9.17, 15) is 9.59 Å². The molecule has 2 unspecified atom stereocenters. The molecule has 2 amide bonds. The Hall–Kier alpha value is -0.611. The quantitative estimate of drug-likeness (QED) is 0.490. The lowest BCUT2D eigenvalue weighted by Gasteiger charge is -2.32. The van der Waals surface area contributed by atoms with Crippen molar-refractivity contribution < 1.29 is 19.1 Å². The van der Waals surface area contributed by atoms with Crippen molar-refractivity contribution in [2.24, 2.45) is 0 Å². The third-order valence-corrected chi connectivity index (χ3v) is 6.44. The maximum absolute atomic E-state index is 12.7. The van der Waals surface area contributed by atoms with E-state index in [1.807, 2.05) is 41.5 Å². The average molecular weight is 402 g/mol. The Labute approximate surface area is 190 Å². The van der Waals surface area contributed by atoms with Gasteiger partial charge in [-0.05, 0) is 48.0 Å². The van der Waals surface area contributed by atoms with Gasteiger partial charge in [0, 0.05) is 41.9 Å². The van der Waals surface area contributed by atoms with E-state index in [4.69, 9.17) is 9.47 Å². The molecule has 2 bridgehead atoms. The molecular formula is C15H35B10NO4. The highest BCUT2D eigenvalue weighted by atomic mass is 16.6. The first-order chi connectivity index (χ1) is 13.9. The molecule has 0 spiro atoms. The number of carbonyl (C=O) groups is 2. The van der Waals surface area contributed by atoms with E-state index in [-0.39, 0.29) is 0 Å². The third-order valence-electron chi connectivity index (χ3n) is 6.44. The molecule has 2 aliphatic heterocycles. The van der Waals surface area contributed by atoms with Crippen molar-refractivity contribution in [1.29, 1.82) is 0 Å². The Kier molecular flexibility index (Phi) is 9.24. The van der Waals surface area contributed by atoms with Crippen molar-refractivity contribution >= 4 is 83.5 Å². The number of nitrogens with zero attached hydrogens (tertiary/aromatic N) is 1. The second-order valence-corrected chi connectivity index (χ2v) is 11.6. The molecule has 2 atom stereocenters. The zero-order valence-electron chi connectivity index (χ0n) is 20.3. The van der Waals surface area contributed by atoms with E-state index in [0.717, 1.165) is 18.5 Å². The summed E-state index contributed by atoms with van der Waals surface area (Å²) in [4.78, 5) is 26.6. The SMILES string of the molecule is CC(C)(C)OC(=O)N(CCCC12BBBBBBBC(BB1)B2)C(=O)OC(C)(C)C. The molecule has 0 radical (unpaired) electrons. The zero-order chi connectivity index (χ0) is 22.4. The minimum absolute atomic E-state index is 0.357. The van der Waals surface area contributed by atoms with Gasteiger partial charge in [0.2, 0.25) is 0 Å². The van der Waals surface area contributed by atoms with Crippen LogP contribution in [0.3, 0.4) is 0 Å². The highest BCUT2D eigenvalue weighted by Gasteiger charge is 2.41. The van der Waals surface area contributed by atoms with Gasteiger partial charge in [-0.25, -0.2) is 14.5 Å². The summed E-state index contributed by atoms with van der Waals surface area (Å²) in [5.74, 6) is 0. The number of amides is 2. The molecule has 2 fully saturated rings. The summed E-state index contributed by atoms with van der Waals surface area (Å²) in [6.45, 7) is 11.2. The first-order valence-electron chi connectivity index (χ1n) is 12.1. The van der Waals surface area contributed by atoms with Crippen molar-refractivity contribution in [2.75, 3.05) is 6.54 Å². The second-order valence-electron chi connectivity index (χ2n) is 11.6. The van der Waals surface area contributed by atoms with Crippen LogP contribution in [0, 0.1) is 0 Å². The molecule has 154 valence electrons. The molecule has 0 aromatic rings. The van der Waals surface area contributed by atoms with Gasteiger partial charge in [-0.2, -0.15) is 0 Å². The Bertz CT molecular complexity index is 571. The molecule has 0 aromatic heterocycles. The summed E-state index contributed by atoms with van der Waals surface area (Å²) in [7, 11) is 13.4. The van der Waals surface area contributed by atoms with Gasteiger partial charge in [-0.15, -0.1) is 10.7 Å². The first kappa shape index (κ1) is 25.6. The molecule has 2 aliphatic rings. The van der Waals surface area contributed by atoms with Crippen LogP contribution < -0.4 is 0 Å². The van der Waals surface area contributed by atoms with Crippen molar-refractivity contribution in [2.45, 2.75) is 76.3 Å². The highest BCUT2D eigenvalue weighted by molar-refractivity contribution is 7.64. The van der Waals surface area contributed by atoms with E-state index in [0.29, 0.717) is 11.7 Å². The van der Waals surface area contributed by atoms with Crippen LogP contribution in [0.2, 0.25) is 10.7 Å². The maximum atomic E-state index is 12.7. The van der Waals surface area contributed by atoms with E-state index in [1.54, 1.807) is 0 Å². The maximum Gasteiger partial charge on any atom is 0.419 e. The molecule has 0 aromatic carbocycles. The Balaban J connectivity index is 2.00. The second kappa shape index (κ2) is 10.8. The van der Waals surface area contributed by atoms with E-state index in [2.05, 4.69) is 0 Å². The summed E-state index contributed by atoms with van der Waals surface area (Å²) in [5.41, 5.74) is -0.424. The molecule has 5 nitrogen and oxygen atoms in total. The largest absolute Gasteiger partial charge is 0.443 e. The molecule has 0 N–H and O–H groups in total. The van der Waals surface area contributed by atoms with Crippen molar-refractivity contribution in [3.05, 3.63) is 0 Å². The standard InChI is InChI=1S/C15H35B10NO4/c1-13(2,3)29-11(27)26(12(28)30-14(4,5)6)9-7-8-15-16-10(17-19-15)18-21-23-25-24-22-20-15/h10,16-25H,7-9H2,1-6H3. The predicted molar refractivity (Wildman–Crippen MR) is 146 cm³/mol. The van der Waals surface area contributed by atoms with Crippen molar-refractivity contribution in [3.63, 3.8) is 0 Å². The van der Waals surface area contributed by atoms with Gasteiger partial charge in [0.15, 0.2) is 0 Å². The number of imide groups is 1. The van der Waals surface area contributed by atoms with Crippen molar-refractivity contribution in [1.82, 2.24) is 4.90 Å². The smallest absolute Gasteiger partial charge is 0.419 e. The minimum atomic E-state index is -0.648. The average Bonchev–Trinajstić information content (AvgIpc) is 2.97. The van der Waals surface area contributed by atoms with Gasteiger partial charge in [0.25, 0.3) is 0 Å². The van der Waals surface area contributed by atoms with Crippen LogP contribution in [0.25, 0.3) is 0 Å². The summed E-state index contributed by atoms with van der Waals surface area (Å²) in [5, 5.41) is 0.398. The molecular weight excluding hydrogens is 366 g/mol. The molecule has 2 saturated heterocycles. The van der Waals surface area contributed by atoms with E-state index in [1.165, 1.54) is 76.2 Å². The molecule has 0 aliphatic carbocycles. The van der Waals surface area contributed by atoms with Gasteiger partial charge in [0.05, 0.1) is 36.0 Å². The Morgan fingerprint density at radius 2 is 1.40 bits per heavy atom. The van der Waals surface area contributed by atoms with Gasteiger partial charge < -0.3 is 9.47 Å². The molecule has 2 rings (SSSR count). The number of carbonyl (C=O) groups excluding carboxylic acids is 2. The van der Waals surface area contributed by atoms with E-state index >= 15 is 0 Å². The molecule has 2 heterocycles. The van der Waals surface area contributed by atoms with Gasteiger partial charge >= 0.3 is 12.2 Å². The topological polar surface area (TPSA) is 55.8 Å². The van der Waals surface area contributed by atoms with Crippen LogP contribution in [0.15, 0.2) is 0 Å². The molecule has 15 heteroatoms.